The molecule has 0 aromatic rings. The Balaban J connectivity index is 2.86. The summed E-state index contributed by atoms with van der Waals surface area (Å²) >= 11 is 0. The number of nitrogens with one attached hydrogen (secondary N) is 1. The second-order valence-corrected chi connectivity index (χ2v) is 5.40. The minimum absolute atomic E-state index is 0.292. The Morgan fingerprint density at radius 2 is 2.25 bits per heavy atom. The van der Waals surface area contributed by atoms with Crippen LogP contribution in [0.5, 0.6) is 0 Å². The molecule has 12 heavy (non-hydrogen) atoms. The van der Waals surface area contributed by atoms with Crippen LogP contribution in [0.1, 0.15) is 13.8 Å². The fourth-order valence-corrected chi connectivity index (χ4v) is 2.88. The van der Waals surface area contributed by atoms with E-state index < -0.39 is 10.0 Å². The molecule has 0 bridgehead atoms. The van der Waals surface area contributed by atoms with E-state index in [1.165, 1.54) is 4.31 Å². The van der Waals surface area contributed by atoms with Gasteiger partial charge in [0.25, 0.3) is 0 Å². The van der Waals surface area contributed by atoms with Gasteiger partial charge in [-0.2, -0.15) is 0 Å². The highest BCUT2D eigenvalue weighted by Crippen LogP contribution is 2.09. The lowest BCUT2D eigenvalue weighted by atomic mass is 10.4. The van der Waals surface area contributed by atoms with Crippen molar-refractivity contribution in [2.75, 3.05) is 26.2 Å². The van der Waals surface area contributed by atoms with Crippen LogP contribution >= 0.6 is 0 Å². The summed E-state index contributed by atoms with van der Waals surface area (Å²) < 4.78 is 24.8. The maximum absolute atomic E-state index is 11.6. The third kappa shape index (κ3) is 1.78. The first-order chi connectivity index (χ1) is 5.59. The third-order valence-corrected chi connectivity index (χ3v) is 4.54. The van der Waals surface area contributed by atoms with Gasteiger partial charge < -0.3 is 5.32 Å². The Bertz CT molecular complexity index is 238. The van der Waals surface area contributed by atoms with Gasteiger partial charge in [-0.25, -0.2) is 12.7 Å². The van der Waals surface area contributed by atoms with E-state index in [1.54, 1.807) is 6.92 Å². The summed E-state index contributed by atoms with van der Waals surface area (Å²) in [6, 6.07) is 0. The van der Waals surface area contributed by atoms with Crippen LogP contribution in [-0.2, 0) is 10.0 Å². The van der Waals surface area contributed by atoms with E-state index in [-0.39, 0.29) is 5.25 Å². The summed E-state index contributed by atoms with van der Waals surface area (Å²) in [4.78, 5) is 0. The first-order valence-electron chi connectivity index (χ1n) is 4.28. The monoisotopic (exact) mass is 192 g/mol. The van der Waals surface area contributed by atoms with Gasteiger partial charge in [0, 0.05) is 26.2 Å². The van der Waals surface area contributed by atoms with E-state index in [9.17, 15) is 8.42 Å². The van der Waals surface area contributed by atoms with E-state index in [0.29, 0.717) is 19.6 Å². The molecule has 1 saturated heterocycles. The standard InChI is InChI=1S/C7H16N2O2S/c1-3-9-5-4-8-6-7(2)12(9,10)11/h7-8H,3-6H2,1-2H3. The number of rotatable bonds is 1. The molecule has 0 aromatic carbocycles. The summed E-state index contributed by atoms with van der Waals surface area (Å²) in [7, 11) is -3.02. The normalized spacial score (nSPS) is 31.3. The highest BCUT2D eigenvalue weighted by atomic mass is 32.2. The van der Waals surface area contributed by atoms with Crippen molar-refractivity contribution >= 4 is 10.0 Å². The summed E-state index contributed by atoms with van der Waals surface area (Å²) in [5.74, 6) is 0. The van der Waals surface area contributed by atoms with Gasteiger partial charge in [-0.3, -0.25) is 0 Å². The molecule has 5 heteroatoms. The molecule has 4 nitrogen and oxygen atoms in total. The van der Waals surface area contributed by atoms with Crippen LogP contribution in [0, 0.1) is 0 Å². The van der Waals surface area contributed by atoms with Gasteiger partial charge in [-0.15, -0.1) is 0 Å². The number of likely N-dealkylation sites (N-methyl/N-ethyl adjacent to an activating group) is 1. The molecule has 0 radical (unpaired) electrons. The molecule has 0 saturated carbocycles. The van der Waals surface area contributed by atoms with Crippen LogP contribution in [-0.4, -0.2) is 44.2 Å². The lowest BCUT2D eigenvalue weighted by Crippen LogP contribution is -2.37. The summed E-state index contributed by atoms with van der Waals surface area (Å²) in [5, 5.41) is 2.80. The van der Waals surface area contributed by atoms with Crippen molar-refractivity contribution in [3.63, 3.8) is 0 Å². The maximum Gasteiger partial charge on any atom is 0.217 e. The number of hydrogen-bond donors (Lipinski definition) is 1. The van der Waals surface area contributed by atoms with Crippen LogP contribution in [0.15, 0.2) is 0 Å². The lowest BCUT2D eigenvalue weighted by molar-refractivity contribution is 0.434. The van der Waals surface area contributed by atoms with E-state index in [4.69, 9.17) is 0 Å². The molecule has 1 rings (SSSR count). The largest absolute Gasteiger partial charge is 0.314 e. The van der Waals surface area contributed by atoms with Crippen molar-refractivity contribution in [2.24, 2.45) is 0 Å². The second kappa shape index (κ2) is 3.72. The highest BCUT2D eigenvalue weighted by molar-refractivity contribution is 7.89. The van der Waals surface area contributed by atoms with E-state index in [0.717, 1.165) is 6.54 Å². The molecule has 0 spiro atoms. The van der Waals surface area contributed by atoms with Crippen LogP contribution in [0.3, 0.4) is 0 Å². The minimum atomic E-state index is -3.02. The van der Waals surface area contributed by atoms with Gasteiger partial charge in [0.05, 0.1) is 5.25 Å². The first-order valence-corrected chi connectivity index (χ1v) is 5.79. The number of hydrogen-bond acceptors (Lipinski definition) is 3. The van der Waals surface area contributed by atoms with Crippen molar-refractivity contribution in [2.45, 2.75) is 19.1 Å². The molecule has 0 aromatic heterocycles. The SMILES string of the molecule is CCN1CCNCC(C)S1(=O)=O. The zero-order chi connectivity index (χ0) is 9.19. The molecule has 0 amide bonds. The molecule has 0 aliphatic carbocycles. The summed E-state index contributed by atoms with van der Waals surface area (Å²) in [6.45, 7) is 6.12. The van der Waals surface area contributed by atoms with Gasteiger partial charge in [-0.05, 0) is 6.92 Å². The molecular weight excluding hydrogens is 176 g/mol. The van der Waals surface area contributed by atoms with E-state index >= 15 is 0 Å². The second-order valence-electron chi connectivity index (χ2n) is 3.05. The maximum atomic E-state index is 11.6. The quantitative estimate of drug-likeness (QED) is 0.616. The zero-order valence-electron chi connectivity index (χ0n) is 7.58. The lowest BCUT2D eigenvalue weighted by Gasteiger charge is -2.19. The molecule has 1 fully saturated rings. The average Bonchev–Trinajstić information content (AvgIpc) is 2.13. The fraction of sp³-hybridized carbons (Fsp3) is 1.00. The average molecular weight is 192 g/mol. The van der Waals surface area contributed by atoms with Crippen molar-refractivity contribution in [3.05, 3.63) is 0 Å². The van der Waals surface area contributed by atoms with Gasteiger partial charge in [0.2, 0.25) is 10.0 Å². The molecule has 1 aliphatic rings. The van der Waals surface area contributed by atoms with Crippen LogP contribution in [0.2, 0.25) is 0 Å². The van der Waals surface area contributed by atoms with Gasteiger partial charge in [-0.1, -0.05) is 6.92 Å². The fourth-order valence-electron chi connectivity index (χ4n) is 1.33. The van der Waals surface area contributed by atoms with Gasteiger partial charge in [0.1, 0.15) is 0 Å². The van der Waals surface area contributed by atoms with Crippen molar-refractivity contribution < 1.29 is 8.42 Å². The minimum Gasteiger partial charge on any atom is -0.314 e. The van der Waals surface area contributed by atoms with Gasteiger partial charge >= 0.3 is 0 Å². The van der Waals surface area contributed by atoms with Crippen LogP contribution in [0.4, 0.5) is 0 Å². The van der Waals surface area contributed by atoms with E-state index in [1.807, 2.05) is 6.92 Å². The topological polar surface area (TPSA) is 49.4 Å². The van der Waals surface area contributed by atoms with Crippen LogP contribution < -0.4 is 5.32 Å². The molecular formula is C7H16N2O2S. The zero-order valence-corrected chi connectivity index (χ0v) is 8.39. The Labute approximate surface area is 74.0 Å². The Kier molecular flexibility index (Phi) is 3.09. The number of nitrogens with zero attached hydrogens (tertiary/aromatic N) is 1. The number of sulfonamides is 1. The molecule has 1 N–H and O–H groups in total. The molecule has 1 atom stereocenters. The molecule has 1 heterocycles. The van der Waals surface area contributed by atoms with Gasteiger partial charge in [0.15, 0.2) is 0 Å². The summed E-state index contributed by atoms with van der Waals surface area (Å²) in [6.07, 6.45) is 0. The van der Waals surface area contributed by atoms with Crippen molar-refractivity contribution in [1.82, 2.24) is 9.62 Å². The third-order valence-electron chi connectivity index (χ3n) is 2.19. The van der Waals surface area contributed by atoms with Crippen molar-refractivity contribution in [3.8, 4) is 0 Å². The summed E-state index contributed by atoms with van der Waals surface area (Å²) in [5.41, 5.74) is 0. The predicted octanol–water partition coefficient (Wildman–Crippen LogP) is -0.370. The highest BCUT2D eigenvalue weighted by Gasteiger charge is 2.29. The van der Waals surface area contributed by atoms with E-state index in [2.05, 4.69) is 5.32 Å². The Morgan fingerprint density at radius 1 is 1.58 bits per heavy atom. The molecule has 72 valence electrons. The van der Waals surface area contributed by atoms with Crippen LogP contribution in [0.25, 0.3) is 0 Å². The first kappa shape index (κ1) is 9.95. The molecule has 1 aliphatic heterocycles. The Morgan fingerprint density at radius 3 is 2.83 bits per heavy atom. The van der Waals surface area contributed by atoms with Crippen molar-refractivity contribution in [1.29, 1.82) is 0 Å². The molecule has 1 unspecified atom stereocenters. The predicted molar refractivity (Wildman–Crippen MR) is 48.5 cm³/mol. The smallest absolute Gasteiger partial charge is 0.217 e. The Hall–Kier alpha value is -0.130.